The van der Waals surface area contributed by atoms with E-state index in [0.717, 1.165) is 18.5 Å². The number of aliphatic hydroxyl groups is 1. The van der Waals surface area contributed by atoms with Gasteiger partial charge in [0.25, 0.3) is 5.91 Å². The molecule has 2 N–H and O–H groups in total. The smallest absolute Gasteiger partial charge is 0.251 e. The lowest BCUT2D eigenvalue weighted by atomic mass is 10.1. The van der Waals surface area contributed by atoms with Crippen LogP contribution in [0.4, 0.5) is 0 Å². The number of carbonyl (C=O) groups excluding carboxylic acids is 2. The SMILES string of the molecule is CCC(O)CCNC(=O)c1cccc(CN2CCCC2=O)c1. The van der Waals surface area contributed by atoms with Crippen LogP contribution in [0.1, 0.15) is 48.5 Å². The Morgan fingerprint density at radius 2 is 2.27 bits per heavy atom. The summed E-state index contributed by atoms with van der Waals surface area (Å²) in [6.45, 7) is 3.73. The topological polar surface area (TPSA) is 69.6 Å². The van der Waals surface area contributed by atoms with Gasteiger partial charge in [0, 0.05) is 31.6 Å². The van der Waals surface area contributed by atoms with E-state index < -0.39 is 0 Å². The molecule has 1 unspecified atom stereocenters. The highest BCUT2D eigenvalue weighted by molar-refractivity contribution is 5.94. The summed E-state index contributed by atoms with van der Waals surface area (Å²) in [5.74, 6) is 0.0429. The number of nitrogens with zero attached hydrogens (tertiary/aromatic N) is 1. The summed E-state index contributed by atoms with van der Waals surface area (Å²) in [5, 5.41) is 12.3. The molecule has 0 spiro atoms. The minimum atomic E-state index is -0.368. The molecule has 1 aliphatic heterocycles. The van der Waals surface area contributed by atoms with Gasteiger partial charge in [0.1, 0.15) is 0 Å². The van der Waals surface area contributed by atoms with Crippen LogP contribution in [-0.4, -0.2) is 41.0 Å². The summed E-state index contributed by atoms with van der Waals surface area (Å²) < 4.78 is 0. The number of carbonyl (C=O) groups is 2. The summed E-state index contributed by atoms with van der Waals surface area (Å²) >= 11 is 0. The molecule has 22 heavy (non-hydrogen) atoms. The number of nitrogens with one attached hydrogen (secondary N) is 1. The Morgan fingerprint density at radius 3 is 2.95 bits per heavy atom. The van der Waals surface area contributed by atoms with E-state index >= 15 is 0 Å². The third kappa shape index (κ3) is 4.56. The molecule has 1 aromatic carbocycles. The molecule has 120 valence electrons. The molecule has 1 heterocycles. The van der Waals surface area contributed by atoms with Crippen LogP contribution in [0.15, 0.2) is 24.3 Å². The molecule has 1 atom stereocenters. The van der Waals surface area contributed by atoms with Crippen molar-refractivity contribution < 1.29 is 14.7 Å². The highest BCUT2D eigenvalue weighted by Crippen LogP contribution is 2.15. The van der Waals surface area contributed by atoms with Crippen molar-refractivity contribution in [3.63, 3.8) is 0 Å². The highest BCUT2D eigenvalue weighted by atomic mass is 16.3. The summed E-state index contributed by atoms with van der Waals surface area (Å²) in [4.78, 5) is 25.6. The predicted octanol–water partition coefficient (Wildman–Crippen LogP) is 1.70. The van der Waals surface area contributed by atoms with Gasteiger partial charge in [-0.2, -0.15) is 0 Å². The van der Waals surface area contributed by atoms with Crippen molar-refractivity contribution in [2.75, 3.05) is 13.1 Å². The third-order valence-electron chi connectivity index (χ3n) is 3.97. The number of hydrogen-bond donors (Lipinski definition) is 2. The zero-order valence-electron chi connectivity index (χ0n) is 13.0. The van der Waals surface area contributed by atoms with Gasteiger partial charge in [0.15, 0.2) is 0 Å². The van der Waals surface area contributed by atoms with Crippen LogP contribution in [0, 0.1) is 0 Å². The molecule has 2 amide bonds. The van der Waals surface area contributed by atoms with Gasteiger partial charge in [-0.3, -0.25) is 9.59 Å². The minimum Gasteiger partial charge on any atom is -0.393 e. The molecular weight excluding hydrogens is 280 g/mol. The van der Waals surface area contributed by atoms with Gasteiger partial charge in [-0.15, -0.1) is 0 Å². The van der Waals surface area contributed by atoms with E-state index in [-0.39, 0.29) is 17.9 Å². The zero-order chi connectivity index (χ0) is 15.9. The molecule has 5 heteroatoms. The second-order valence-corrected chi connectivity index (χ2v) is 5.73. The second kappa shape index (κ2) is 7.94. The summed E-state index contributed by atoms with van der Waals surface area (Å²) in [6.07, 6.45) is 2.42. The van der Waals surface area contributed by atoms with Gasteiger partial charge >= 0.3 is 0 Å². The average molecular weight is 304 g/mol. The number of rotatable bonds is 7. The Bertz CT molecular complexity index is 530. The Kier molecular flexibility index (Phi) is 5.95. The molecule has 1 saturated heterocycles. The molecule has 5 nitrogen and oxygen atoms in total. The number of amides is 2. The van der Waals surface area contributed by atoms with E-state index in [4.69, 9.17) is 0 Å². The van der Waals surface area contributed by atoms with Crippen molar-refractivity contribution in [3.8, 4) is 0 Å². The summed E-state index contributed by atoms with van der Waals surface area (Å²) in [5.41, 5.74) is 1.56. The normalized spacial score (nSPS) is 15.9. The summed E-state index contributed by atoms with van der Waals surface area (Å²) in [6, 6.07) is 7.37. The molecule has 2 rings (SSSR count). The molecule has 0 bridgehead atoms. The highest BCUT2D eigenvalue weighted by Gasteiger charge is 2.20. The van der Waals surface area contributed by atoms with E-state index in [9.17, 15) is 14.7 Å². The molecule has 1 aromatic rings. The van der Waals surface area contributed by atoms with E-state index in [0.29, 0.717) is 37.9 Å². The number of benzene rings is 1. The molecule has 0 aliphatic carbocycles. The maximum absolute atomic E-state index is 12.1. The van der Waals surface area contributed by atoms with Crippen LogP contribution >= 0.6 is 0 Å². The van der Waals surface area contributed by atoms with Crippen molar-refractivity contribution in [3.05, 3.63) is 35.4 Å². The molecular formula is C17H24N2O3. The fourth-order valence-electron chi connectivity index (χ4n) is 2.56. The van der Waals surface area contributed by atoms with Gasteiger partial charge in [0.05, 0.1) is 6.10 Å². The number of aliphatic hydroxyl groups excluding tert-OH is 1. The lowest BCUT2D eigenvalue weighted by Crippen LogP contribution is -2.27. The molecule has 1 aliphatic rings. The van der Waals surface area contributed by atoms with Crippen LogP contribution < -0.4 is 5.32 Å². The van der Waals surface area contributed by atoms with E-state index in [1.165, 1.54) is 0 Å². The summed E-state index contributed by atoms with van der Waals surface area (Å²) in [7, 11) is 0. The molecule has 1 fully saturated rings. The first-order valence-corrected chi connectivity index (χ1v) is 7.93. The standard InChI is InChI=1S/C17H24N2O3/c1-2-15(20)8-9-18-17(22)14-6-3-5-13(11-14)12-19-10-4-7-16(19)21/h3,5-6,11,15,20H,2,4,7-10,12H2,1H3,(H,18,22). The van der Waals surface area contributed by atoms with Crippen LogP contribution in [0.5, 0.6) is 0 Å². The van der Waals surface area contributed by atoms with Crippen molar-refractivity contribution in [2.24, 2.45) is 0 Å². The Labute approximate surface area is 131 Å². The van der Waals surface area contributed by atoms with Crippen molar-refractivity contribution in [1.29, 1.82) is 0 Å². The number of likely N-dealkylation sites (tertiary alicyclic amines) is 1. The van der Waals surface area contributed by atoms with E-state index in [1.54, 1.807) is 6.07 Å². The fraction of sp³-hybridized carbons (Fsp3) is 0.529. The minimum absolute atomic E-state index is 0.141. The monoisotopic (exact) mass is 304 g/mol. The Hall–Kier alpha value is -1.88. The molecule has 0 aromatic heterocycles. The molecule has 0 radical (unpaired) electrons. The maximum atomic E-state index is 12.1. The van der Waals surface area contributed by atoms with Crippen LogP contribution in [0.2, 0.25) is 0 Å². The fourth-order valence-corrected chi connectivity index (χ4v) is 2.56. The van der Waals surface area contributed by atoms with Crippen molar-refractivity contribution >= 4 is 11.8 Å². The first-order chi connectivity index (χ1) is 10.6. The van der Waals surface area contributed by atoms with Crippen molar-refractivity contribution in [2.45, 2.75) is 45.3 Å². The predicted molar refractivity (Wildman–Crippen MR) is 84.3 cm³/mol. The van der Waals surface area contributed by atoms with Crippen molar-refractivity contribution in [1.82, 2.24) is 10.2 Å². The van der Waals surface area contributed by atoms with Gasteiger partial charge in [-0.05, 0) is 37.0 Å². The first kappa shape index (κ1) is 16.5. The lowest BCUT2D eigenvalue weighted by Gasteiger charge is -2.16. The third-order valence-corrected chi connectivity index (χ3v) is 3.97. The second-order valence-electron chi connectivity index (χ2n) is 5.73. The Morgan fingerprint density at radius 1 is 1.45 bits per heavy atom. The first-order valence-electron chi connectivity index (χ1n) is 7.93. The van der Waals surface area contributed by atoms with Crippen LogP contribution in [0.25, 0.3) is 0 Å². The van der Waals surface area contributed by atoms with Gasteiger partial charge in [-0.1, -0.05) is 19.1 Å². The largest absolute Gasteiger partial charge is 0.393 e. The lowest BCUT2D eigenvalue weighted by molar-refractivity contribution is -0.128. The maximum Gasteiger partial charge on any atom is 0.251 e. The number of hydrogen-bond acceptors (Lipinski definition) is 3. The average Bonchev–Trinajstić information content (AvgIpc) is 2.92. The van der Waals surface area contributed by atoms with Gasteiger partial charge in [-0.25, -0.2) is 0 Å². The van der Waals surface area contributed by atoms with Crippen LogP contribution in [0.3, 0.4) is 0 Å². The quantitative estimate of drug-likeness (QED) is 0.805. The van der Waals surface area contributed by atoms with E-state index in [1.807, 2.05) is 30.0 Å². The van der Waals surface area contributed by atoms with Gasteiger partial charge in [0.2, 0.25) is 5.91 Å². The zero-order valence-corrected chi connectivity index (χ0v) is 13.0. The van der Waals surface area contributed by atoms with Crippen LogP contribution in [-0.2, 0) is 11.3 Å². The Balaban J connectivity index is 1.90. The van der Waals surface area contributed by atoms with Gasteiger partial charge < -0.3 is 15.3 Å². The van der Waals surface area contributed by atoms with E-state index in [2.05, 4.69) is 5.32 Å². The molecule has 0 saturated carbocycles.